The van der Waals surface area contributed by atoms with Gasteiger partial charge in [-0.3, -0.25) is 9.69 Å². The van der Waals surface area contributed by atoms with Crippen LogP contribution >= 0.6 is 0 Å². The van der Waals surface area contributed by atoms with Crippen molar-refractivity contribution >= 4 is 17.7 Å². The van der Waals surface area contributed by atoms with Gasteiger partial charge in [-0.1, -0.05) is 6.07 Å². The molecule has 1 amide bonds. The van der Waals surface area contributed by atoms with Gasteiger partial charge in [0, 0.05) is 5.69 Å². The van der Waals surface area contributed by atoms with E-state index in [4.69, 9.17) is 15.1 Å². The first-order chi connectivity index (χ1) is 8.61. The average molecular weight is 246 g/mol. The number of amides is 1. The first-order valence-electron chi connectivity index (χ1n) is 5.30. The number of carbonyl (C=O) groups is 2. The lowest BCUT2D eigenvalue weighted by Crippen LogP contribution is -2.35. The van der Waals surface area contributed by atoms with Crippen molar-refractivity contribution < 1.29 is 19.4 Å². The summed E-state index contributed by atoms with van der Waals surface area (Å²) in [5.41, 5.74) is 0.879. The van der Waals surface area contributed by atoms with Gasteiger partial charge in [0.05, 0.1) is 24.1 Å². The minimum atomic E-state index is -1.00. The highest BCUT2D eigenvalue weighted by Gasteiger charge is 2.35. The molecule has 0 radical (unpaired) electrons. The van der Waals surface area contributed by atoms with E-state index >= 15 is 0 Å². The zero-order valence-electron chi connectivity index (χ0n) is 9.37. The van der Waals surface area contributed by atoms with Crippen molar-refractivity contribution in [1.82, 2.24) is 0 Å². The second kappa shape index (κ2) is 4.75. The standard InChI is InChI=1S/C12H10N2O4/c13-6-8-2-1-3-9(4-8)14-10(5-11(15)16)7-18-12(14)17/h1-4,10H,5,7H2,(H,15,16). The summed E-state index contributed by atoms with van der Waals surface area (Å²) >= 11 is 0. The molecule has 6 heteroatoms. The van der Waals surface area contributed by atoms with Crippen LogP contribution in [0, 0.1) is 11.3 Å². The largest absolute Gasteiger partial charge is 0.481 e. The molecular weight excluding hydrogens is 236 g/mol. The fourth-order valence-electron chi connectivity index (χ4n) is 1.85. The first-order valence-corrected chi connectivity index (χ1v) is 5.30. The topological polar surface area (TPSA) is 90.6 Å². The van der Waals surface area contributed by atoms with Crippen molar-refractivity contribution in [3.05, 3.63) is 29.8 Å². The number of aliphatic carboxylic acids is 1. The van der Waals surface area contributed by atoms with E-state index in [9.17, 15) is 9.59 Å². The molecule has 0 spiro atoms. The molecule has 1 aliphatic heterocycles. The van der Waals surface area contributed by atoms with Crippen LogP contribution in [0.25, 0.3) is 0 Å². The molecule has 2 rings (SSSR count). The number of hydrogen-bond donors (Lipinski definition) is 1. The molecule has 1 unspecified atom stereocenters. The Morgan fingerprint density at radius 2 is 2.39 bits per heavy atom. The van der Waals surface area contributed by atoms with Gasteiger partial charge < -0.3 is 9.84 Å². The summed E-state index contributed by atoms with van der Waals surface area (Å²) in [7, 11) is 0. The molecule has 1 heterocycles. The van der Waals surface area contributed by atoms with Crippen molar-refractivity contribution in [2.45, 2.75) is 12.5 Å². The summed E-state index contributed by atoms with van der Waals surface area (Å²) in [6, 6.07) is 7.84. The number of nitrogens with zero attached hydrogens (tertiary/aromatic N) is 2. The molecule has 1 saturated heterocycles. The lowest BCUT2D eigenvalue weighted by atomic mass is 10.1. The summed E-state index contributed by atoms with van der Waals surface area (Å²) in [5, 5.41) is 17.6. The van der Waals surface area contributed by atoms with Crippen molar-refractivity contribution in [2.24, 2.45) is 0 Å². The van der Waals surface area contributed by atoms with Crippen molar-refractivity contribution in [1.29, 1.82) is 5.26 Å². The van der Waals surface area contributed by atoms with Gasteiger partial charge in [0.25, 0.3) is 0 Å². The smallest absolute Gasteiger partial charge is 0.414 e. The first kappa shape index (κ1) is 11.9. The number of carboxylic acids is 1. The minimum absolute atomic E-state index is 0.0436. The molecule has 1 atom stereocenters. The van der Waals surface area contributed by atoms with Crippen LogP contribution in [0.5, 0.6) is 0 Å². The van der Waals surface area contributed by atoms with E-state index in [2.05, 4.69) is 0 Å². The van der Waals surface area contributed by atoms with E-state index in [0.29, 0.717) is 11.3 Å². The third kappa shape index (κ3) is 2.25. The fourth-order valence-corrected chi connectivity index (χ4v) is 1.85. The number of benzene rings is 1. The average Bonchev–Trinajstić information content (AvgIpc) is 2.70. The number of hydrogen-bond acceptors (Lipinski definition) is 4. The monoisotopic (exact) mass is 246 g/mol. The predicted octanol–water partition coefficient (Wildman–Crippen LogP) is 1.36. The fraction of sp³-hybridized carbons (Fsp3) is 0.250. The Morgan fingerprint density at radius 3 is 3.06 bits per heavy atom. The minimum Gasteiger partial charge on any atom is -0.481 e. The van der Waals surface area contributed by atoms with Crippen LogP contribution in [0.4, 0.5) is 10.5 Å². The lowest BCUT2D eigenvalue weighted by molar-refractivity contribution is -0.137. The molecule has 0 saturated carbocycles. The van der Waals surface area contributed by atoms with Gasteiger partial charge in [0.15, 0.2) is 0 Å². The molecule has 92 valence electrons. The number of cyclic esters (lactones) is 1. The van der Waals surface area contributed by atoms with Gasteiger partial charge in [0.2, 0.25) is 0 Å². The Bertz CT molecular complexity index is 535. The third-order valence-corrected chi connectivity index (χ3v) is 2.62. The summed E-state index contributed by atoms with van der Waals surface area (Å²) in [4.78, 5) is 23.6. The Balaban J connectivity index is 2.30. The third-order valence-electron chi connectivity index (χ3n) is 2.62. The van der Waals surface area contributed by atoms with Crippen LogP contribution in [0.1, 0.15) is 12.0 Å². The number of carbonyl (C=O) groups excluding carboxylic acids is 1. The molecule has 1 N–H and O–H groups in total. The molecule has 18 heavy (non-hydrogen) atoms. The van der Waals surface area contributed by atoms with E-state index in [1.54, 1.807) is 18.2 Å². The van der Waals surface area contributed by atoms with Crippen LogP contribution in [-0.4, -0.2) is 29.8 Å². The molecule has 1 fully saturated rings. The highest BCUT2D eigenvalue weighted by atomic mass is 16.6. The van der Waals surface area contributed by atoms with Crippen LogP contribution in [0.15, 0.2) is 24.3 Å². The van der Waals surface area contributed by atoms with Crippen molar-refractivity contribution in [2.75, 3.05) is 11.5 Å². The van der Waals surface area contributed by atoms with Gasteiger partial charge in [-0.25, -0.2) is 4.79 Å². The van der Waals surface area contributed by atoms with E-state index in [1.165, 1.54) is 11.0 Å². The maximum Gasteiger partial charge on any atom is 0.414 e. The highest BCUT2D eigenvalue weighted by Crippen LogP contribution is 2.25. The normalized spacial score (nSPS) is 18.3. The second-order valence-corrected chi connectivity index (χ2v) is 3.86. The molecule has 1 aliphatic rings. The number of ether oxygens (including phenoxy) is 1. The van der Waals surface area contributed by atoms with Gasteiger partial charge in [-0.15, -0.1) is 0 Å². The van der Waals surface area contributed by atoms with Crippen LogP contribution in [0.2, 0.25) is 0 Å². The number of anilines is 1. The molecule has 0 bridgehead atoms. The number of rotatable bonds is 3. The van der Waals surface area contributed by atoms with Crippen LogP contribution in [-0.2, 0) is 9.53 Å². The Hall–Kier alpha value is -2.55. The maximum absolute atomic E-state index is 11.6. The predicted molar refractivity (Wildman–Crippen MR) is 61.0 cm³/mol. The summed E-state index contributed by atoms with van der Waals surface area (Å²) in [6.07, 6.45) is -0.779. The quantitative estimate of drug-likeness (QED) is 0.869. The molecule has 1 aromatic rings. The zero-order chi connectivity index (χ0) is 13.1. The SMILES string of the molecule is N#Cc1cccc(N2C(=O)OCC2CC(=O)O)c1. The molecule has 0 aromatic heterocycles. The molecular formula is C12H10N2O4. The lowest BCUT2D eigenvalue weighted by Gasteiger charge is -2.20. The summed E-state index contributed by atoms with van der Waals surface area (Å²) < 4.78 is 4.85. The Kier molecular flexibility index (Phi) is 3.15. The van der Waals surface area contributed by atoms with E-state index in [-0.39, 0.29) is 13.0 Å². The number of nitriles is 1. The second-order valence-electron chi connectivity index (χ2n) is 3.86. The van der Waals surface area contributed by atoms with Gasteiger partial charge >= 0.3 is 12.1 Å². The maximum atomic E-state index is 11.6. The van der Waals surface area contributed by atoms with Gasteiger partial charge in [0.1, 0.15) is 6.61 Å². The molecule has 0 aliphatic carbocycles. The summed E-state index contributed by atoms with van der Waals surface area (Å²) in [5.74, 6) is -1.00. The zero-order valence-corrected chi connectivity index (χ0v) is 9.37. The van der Waals surface area contributed by atoms with Gasteiger partial charge in [-0.05, 0) is 18.2 Å². The Morgan fingerprint density at radius 1 is 1.61 bits per heavy atom. The van der Waals surface area contributed by atoms with E-state index in [0.717, 1.165) is 0 Å². The van der Waals surface area contributed by atoms with E-state index in [1.807, 2.05) is 6.07 Å². The van der Waals surface area contributed by atoms with Gasteiger partial charge in [-0.2, -0.15) is 5.26 Å². The molecule has 6 nitrogen and oxygen atoms in total. The van der Waals surface area contributed by atoms with Crippen LogP contribution < -0.4 is 4.90 Å². The van der Waals surface area contributed by atoms with Crippen molar-refractivity contribution in [3.63, 3.8) is 0 Å². The number of carboxylic acid groups (broad SMARTS) is 1. The summed E-state index contributed by atoms with van der Waals surface area (Å²) in [6.45, 7) is 0.0436. The molecule has 1 aromatic carbocycles. The van der Waals surface area contributed by atoms with Crippen LogP contribution in [0.3, 0.4) is 0 Å². The highest BCUT2D eigenvalue weighted by molar-refractivity contribution is 5.91. The Labute approximate surface area is 103 Å². The van der Waals surface area contributed by atoms with E-state index < -0.39 is 18.1 Å². The van der Waals surface area contributed by atoms with Crippen molar-refractivity contribution in [3.8, 4) is 6.07 Å².